The molecule has 0 bridgehead atoms. The molecule has 0 radical (unpaired) electrons. The maximum absolute atomic E-state index is 12.7. The third kappa shape index (κ3) is 15.7. The summed E-state index contributed by atoms with van der Waals surface area (Å²) in [6.45, 7) is -1.23. The zero-order chi connectivity index (χ0) is 43.3. The Morgan fingerprint density at radius 1 is 0.559 bits per heavy atom. The third-order valence-corrected chi connectivity index (χ3v) is 7.89. The van der Waals surface area contributed by atoms with Crippen molar-refractivity contribution in [1.82, 2.24) is 40.8 Å². The summed E-state index contributed by atoms with van der Waals surface area (Å²) in [5.74, 6) is 0.655. The van der Waals surface area contributed by atoms with E-state index in [4.69, 9.17) is 0 Å². The molecule has 0 atom stereocenters. The van der Waals surface area contributed by atoms with Crippen molar-refractivity contribution in [2.45, 2.75) is 44.5 Å². The predicted molar refractivity (Wildman–Crippen MR) is 189 cm³/mol. The van der Waals surface area contributed by atoms with Crippen molar-refractivity contribution in [1.29, 1.82) is 0 Å². The van der Waals surface area contributed by atoms with Crippen LogP contribution in [0.5, 0.6) is 0 Å². The van der Waals surface area contributed by atoms with Gasteiger partial charge in [-0.2, -0.15) is 36.4 Å². The molecule has 6 rings (SSSR count). The van der Waals surface area contributed by atoms with Crippen LogP contribution in [0, 0.1) is 0 Å². The van der Waals surface area contributed by atoms with E-state index in [-0.39, 0.29) is 24.3 Å². The molecule has 1 N–H and O–H groups in total. The van der Waals surface area contributed by atoms with Gasteiger partial charge in [-0.15, -0.1) is 46.7 Å². The number of benzene rings is 4. The van der Waals surface area contributed by atoms with E-state index in [1.54, 1.807) is 24.3 Å². The Bertz CT molecular complexity index is 2160. The fraction of sp³-hybridized carbons (Fsp3) is 0.278. The third-order valence-electron chi connectivity index (χ3n) is 7.57. The monoisotopic (exact) mass is 912 g/mol. The molecule has 59 heavy (non-hydrogen) atoms. The smallest absolute Gasteiger partial charge is 0.291 e. The molecule has 0 unspecified atom stereocenters. The topological polar surface area (TPSA) is 117 Å². The van der Waals surface area contributed by atoms with E-state index in [1.165, 1.54) is 24.3 Å². The summed E-state index contributed by atoms with van der Waals surface area (Å²) in [7, 11) is 0. The molecule has 2 heterocycles. The number of nitrogens with zero attached hydrogens (tertiary/aromatic N) is 7. The highest BCUT2D eigenvalue weighted by Gasteiger charge is 2.31. The normalized spacial score (nSPS) is 12.0. The zero-order valence-electron chi connectivity index (χ0n) is 29.8. The largest absolute Gasteiger partial charge is 0.522 e. The number of alkyl halides is 13. The van der Waals surface area contributed by atoms with Crippen LogP contribution in [0.15, 0.2) is 97.1 Å². The van der Waals surface area contributed by atoms with Crippen LogP contribution >= 0.6 is 15.9 Å². The molecule has 0 aliphatic rings. The van der Waals surface area contributed by atoms with Crippen LogP contribution in [0.25, 0.3) is 22.8 Å². The summed E-state index contributed by atoms with van der Waals surface area (Å²) in [5, 5.41) is 25.6. The summed E-state index contributed by atoms with van der Waals surface area (Å²) in [6.07, 6.45) is -17.1. The van der Waals surface area contributed by atoms with Crippen molar-refractivity contribution >= 4 is 15.9 Å². The molecular weight excluding hydrogens is 884 g/mol. The Morgan fingerprint density at radius 2 is 1.02 bits per heavy atom. The standard InChI is InChI=1S/C18H14F6N4O.C15H11F3N4.C3H4BrF3O/c19-17(20,21)14-7-5-12(6-8-14)11-13-3-1-2-4-15(13)16-25-27-28(26-16)9-10-29-18(22,23)24;16-15(17,18)12-7-5-10(6-8-12)9-11-3-1-2-4-13(11)14-19-21-22-20-14;4-1-2-8-3(5,6)7/h1-8H,9-11H2;1-8H,9H2,(H,19,20,21,22);1-2H2. The fourth-order valence-electron chi connectivity index (χ4n) is 4.97. The molecule has 23 heteroatoms. The Kier molecular flexibility index (Phi) is 16.1. The second-order valence-corrected chi connectivity index (χ2v) is 12.6. The lowest BCUT2D eigenvalue weighted by Crippen LogP contribution is -2.18. The van der Waals surface area contributed by atoms with Gasteiger partial charge in [0.2, 0.25) is 11.6 Å². The Hall–Kier alpha value is -5.42. The molecule has 4 aromatic carbocycles. The summed E-state index contributed by atoms with van der Waals surface area (Å²) < 4.78 is 152. The van der Waals surface area contributed by atoms with Gasteiger partial charge in [0, 0.05) is 16.5 Å². The van der Waals surface area contributed by atoms with E-state index in [0.717, 1.165) is 51.3 Å². The van der Waals surface area contributed by atoms with Gasteiger partial charge in [0.25, 0.3) is 0 Å². The lowest BCUT2D eigenvalue weighted by molar-refractivity contribution is -0.325. The van der Waals surface area contributed by atoms with E-state index >= 15 is 0 Å². The molecule has 0 fully saturated rings. The van der Waals surface area contributed by atoms with Crippen LogP contribution < -0.4 is 0 Å². The van der Waals surface area contributed by atoms with Gasteiger partial charge in [0.05, 0.1) is 30.9 Å². The minimum Gasteiger partial charge on any atom is -0.291 e. The van der Waals surface area contributed by atoms with Crippen molar-refractivity contribution in [3.63, 3.8) is 0 Å². The van der Waals surface area contributed by atoms with Gasteiger partial charge in [-0.3, -0.25) is 9.47 Å². The molecule has 0 aliphatic carbocycles. The molecule has 0 saturated heterocycles. The average Bonchev–Trinajstić information content (AvgIpc) is 3.88. The van der Waals surface area contributed by atoms with Crippen LogP contribution in [0.3, 0.4) is 0 Å². The Balaban J connectivity index is 0.000000226. The van der Waals surface area contributed by atoms with Crippen molar-refractivity contribution < 1.29 is 62.2 Å². The van der Waals surface area contributed by atoms with Gasteiger partial charge in [-0.25, -0.2) is 0 Å². The van der Waals surface area contributed by atoms with Gasteiger partial charge in [-0.1, -0.05) is 88.7 Å². The molecule has 316 valence electrons. The maximum Gasteiger partial charge on any atom is 0.522 e. The maximum atomic E-state index is 12.7. The molecule has 6 aromatic rings. The number of H-pyrrole nitrogens is 1. The van der Waals surface area contributed by atoms with E-state index in [2.05, 4.69) is 61.4 Å². The van der Waals surface area contributed by atoms with Gasteiger partial charge < -0.3 is 0 Å². The zero-order valence-corrected chi connectivity index (χ0v) is 31.4. The molecular formula is C36H29BrF12N8O2. The van der Waals surface area contributed by atoms with Crippen LogP contribution in [-0.4, -0.2) is 72.1 Å². The minimum absolute atomic E-state index is 0.194. The average molecular weight is 914 g/mol. The highest BCUT2D eigenvalue weighted by atomic mass is 79.9. The van der Waals surface area contributed by atoms with Crippen LogP contribution in [0.1, 0.15) is 33.4 Å². The fourth-order valence-corrected chi connectivity index (χ4v) is 5.13. The van der Waals surface area contributed by atoms with Crippen molar-refractivity contribution in [2.24, 2.45) is 0 Å². The summed E-state index contributed by atoms with van der Waals surface area (Å²) in [4.78, 5) is 0.982. The van der Waals surface area contributed by atoms with Gasteiger partial charge in [0.1, 0.15) is 0 Å². The number of halogens is 13. The quantitative estimate of drug-likeness (QED) is 0.101. The van der Waals surface area contributed by atoms with E-state index in [0.29, 0.717) is 29.8 Å². The van der Waals surface area contributed by atoms with Crippen molar-refractivity contribution in [3.8, 4) is 22.8 Å². The second kappa shape index (κ2) is 20.5. The number of aromatic nitrogens is 8. The Labute approximate surface area is 334 Å². The number of ether oxygens (including phenoxy) is 2. The minimum atomic E-state index is -4.74. The summed E-state index contributed by atoms with van der Waals surface area (Å²) >= 11 is 2.78. The molecule has 0 amide bonds. The number of rotatable bonds is 11. The Morgan fingerprint density at radius 3 is 1.42 bits per heavy atom. The lowest BCUT2D eigenvalue weighted by atomic mass is 9.98. The summed E-state index contributed by atoms with van der Waals surface area (Å²) in [5.41, 5.74) is 3.08. The molecule has 0 saturated carbocycles. The van der Waals surface area contributed by atoms with Crippen molar-refractivity contribution in [3.05, 3.63) is 130 Å². The van der Waals surface area contributed by atoms with Gasteiger partial charge in [-0.05, 0) is 69.8 Å². The van der Waals surface area contributed by atoms with Crippen molar-refractivity contribution in [2.75, 3.05) is 18.5 Å². The highest BCUT2D eigenvalue weighted by Crippen LogP contribution is 2.31. The SMILES string of the molecule is FC(F)(F)OCCBr.FC(F)(F)OCCn1nnc(-c2ccccc2Cc2ccc(C(F)(F)F)cc2)n1.FC(F)(F)c1ccc(Cc2ccccc2-c2nn[nH]n2)cc1. The predicted octanol–water partition coefficient (Wildman–Crippen LogP) is 9.88. The molecule has 2 aromatic heterocycles. The number of aromatic amines is 1. The second-order valence-electron chi connectivity index (χ2n) is 11.8. The first-order valence-corrected chi connectivity index (χ1v) is 17.8. The van der Waals surface area contributed by atoms with E-state index < -0.39 is 42.8 Å². The first-order valence-electron chi connectivity index (χ1n) is 16.7. The number of hydrogen-bond acceptors (Lipinski definition) is 8. The van der Waals surface area contributed by atoms with Crippen LogP contribution in [-0.2, 0) is 41.2 Å². The summed E-state index contributed by atoms with van der Waals surface area (Å²) in [6, 6.07) is 24.3. The van der Waals surface area contributed by atoms with Crippen LogP contribution in [0.2, 0.25) is 0 Å². The van der Waals surface area contributed by atoms with E-state index in [9.17, 15) is 52.7 Å². The number of nitrogens with one attached hydrogen (secondary N) is 1. The number of tetrazole rings is 2. The van der Waals surface area contributed by atoms with Gasteiger partial charge in [0.15, 0.2) is 0 Å². The number of hydrogen-bond donors (Lipinski definition) is 1. The first kappa shape index (κ1) is 46.3. The van der Waals surface area contributed by atoms with Crippen LogP contribution in [0.4, 0.5) is 52.7 Å². The molecule has 0 aliphatic heterocycles. The molecule has 10 nitrogen and oxygen atoms in total. The van der Waals surface area contributed by atoms with Gasteiger partial charge >= 0.3 is 25.1 Å². The first-order chi connectivity index (χ1) is 27.7. The lowest BCUT2D eigenvalue weighted by Gasteiger charge is -2.09. The highest BCUT2D eigenvalue weighted by molar-refractivity contribution is 9.09. The molecule has 0 spiro atoms. The van der Waals surface area contributed by atoms with E-state index in [1.807, 2.05) is 24.3 Å².